The molecule has 3 atom stereocenters. The zero-order valence-corrected chi connectivity index (χ0v) is 24.4. The number of hydrogen-bond donors (Lipinski definition) is 2. The molecule has 4 amide bonds. The summed E-state index contributed by atoms with van der Waals surface area (Å²) >= 11 is 1.54. The van der Waals surface area contributed by atoms with Crippen LogP contribution in [-0.2, 0) is 9.59 Å². The number of hydrazine groups is 1. The molecule has 1 heterocycles. The van der Waals surface area contributed by atoms with Crippen LogP contribution in [0.15, 0.2) is 89.8 Å². The van der Waals surface area contributed by atoms with Gasteiger partial charge in [0.05, 0.1) is 6.04 Å². The summed E-state index contributed by atoms with van der Waals surface area (Å²) < 4.78 is 0. The van der Waals surface area contributed by atoms with E-state index in [4.69, 9.17) is 5.73 Å². The van der Waals surface area contributed by atoms with Gasteiger partial charge in [0.25, 0.3) is 5.91 Å². The summed E-state index contributed by atoms with van der Waals surface area (Å²) in [5, 5.41) is 1.45. The molecular weight excluding hydrogens is 520 g/mol. The molecule has 7 nitrogen and oxygen atoms in total. The zero-order valence-electron chi connectivity index (χ0n) is 23.5. The van der Waals surface area contributed by atoms with Crippen LogP contribution in [0.4, 0.5) is 10.5 Å². The molecule has 1 saturated heterocycles. The average molecular weight is 559 g/mol. The van der Waals surface area contributed by atoms with Crippen LogP contribution in [0.3, 0.4) is 0 Å². The number of carbonyl (C=O) groups excluding carboxylic acids is 3. The van der Waals surface area contributed by atoms with Crippen molar-refractivity contribution in [2.45, 2.75) is 62.9 Å². The lowest BCUT2D eigenvalue weighted by molar-refractivity contribution is -0.145. The Kier molecular flexibility index (Phi) is 9.20. The number of nitrogens with two attached hydrogens (primary N) is 1. The maximum Gasteiger partial charge on any atom is 0.320 e. The minimum atomic E-state index is -0.927. The third kappa shape index (κ3) is 7.04. The number of carbonyl (C=O) groups is 3. The number of amides is 4. The molecule has 1 aliphatic rings. The third-order valence-electron chi connectivity index (χ3n) is 7.12. The molecule has 0 bridgehead atoms. The van der Waals surface area contributed by atoms with Crippen molar-refractivity contribution in [2.75, 3.05) is 11.2 Å². The summed E-state index contributed by atoms with van der Waals surface area (Å²) in [5.74, 6) is -0.716. The number of urea groups is 1. The van der Waals surface area contributed by atoms with Gasteiger partial charge < -0.3 is 5.73 Å². The standard InChI is InChI=1S/C32H38N4O3S/c1-32(2,3)21-29(37)34-36-27(23-14-9-6-10-15-23)18-24(22-12-7-5-8-13-22)19-28(30(36)38)35(31(33)39)25-16-11-17-26(20-25)40-4/h5-17,20,24,27-28H,18-19,21H2,1-4H3,(H2,33,39)(H,34,37). The molecule has 8 heteroatoms. The van der Waals surface area contributed by atoms with Gasteiger partial charge in [-0.25, -0.2) is 9.80 Å². The second kappa shape index (κ2) is 12.6. The van der Waals surface area contributed by atoms with Crippen LogP contribution >= 0.6 is 11.8 Å². The minimum absolute atomic E-state index is 0.0875. The first kappa shape index (κ1) is 29.2. The van der Waals surface area contributed by atoms with Crippen LogP contribution in [0.2, 0.25) is 0 Å². The van der Waals surface area contributed by atoms with Gasteiger partial charge in [0.2, 0.25) is 5.91 Å². The number of anilines is 1. The third-order valence-corrected chi connectivity index (χ3v) is 7.85. The van der Waals surface area contributed by atoms with Gasteiger partial charge in [-0.1, -0.05) is 87.5 Å². The van der Waals surface area contributed by atoms with Crippen molar-refractivity contribution in [3.63, 3.8) is 0 Å². The van der Waals surface area contributed by atoms with E-state index < -0.39 is 18.1 Å². The van der Waals surface area contributed by atoms with Crippen LogP contribution in [0.1, 0.15) is 63.1 Å². The van der Waals surface area contributed by atoms with E-state index in [-0.39, 0.29) is 29.6 Å². The highest BCUT2D eigenvalue weighted by molar-refractivity contribution is 7.98. The number of nitrogens with one attached hydrogen (secondary N) is 1. The second-order valence-electron chi connectivity index (χ2n) is 11.4. The Balaban J connectivity index is 1.85. The van der Waals surface area contributed by atoms with Crippen molar-refractivity contribution in [1.82, 2.24) is 10.4 Å². The molecule has 3 aromatic carbocycles. The Morgan fingerprint density at radius 3 is 2.15 bits per heavy atom. The van der Waals surface area contributed by atoms with Crippen molar-refractivity contribution in [3.05, 3.63) is 96.1 Å². The molecule has 1 fully saturated rings. The van der Waals surface area contributed by atoms with Crippen LogP contribution < -0.4 is 16.1 Å². The first-order chi connectivity index (χ1) is 19.1. The van der Waals surface area contributed by atoms with Crippen LogP contribution in [0.25, 0.3) is 0 Å². The average Bonchev–Trinajstić information content (AvgIpc) is 3.06. The second-order valence-corrected chi connectivity index (χ2v) is 12.3. The van der Waals surface area contributed by atoms with Crippen molar-refractivity contribution in [2.24, 2.45) is 11.1 Å². The van der Waals surface area contributed by atoms with E-state index in [1.807, 2.05) is 106 Å². The highest BCUT2D eigenvalue weighted by atomic mass is 32.2. The molecule has 0 saturated carbocycles. The van der Waals surface area contributed by atoms with E-state index >= 15 is 0 Å². The number of benzene rings is 3. The first-order valence-corrected chi connectivity index (χ1v) is 14.7. The summed E-state index contributed by atoms with van der Waals surface area (Å²) in [6.07, 6.45) is 3.10. The van der Waals surface area contributed by atoms with Gasteiger partial charge in [0.15, 0.2) is 0 Å². The van der Waals surface area contributed by atoms with E-state index in [0.717, 1.165) is 16.0 Å². The monoisotopic (exact) mass is 558 g/mol. The van der Waals surface area contributed by atoms with Gasteiger partial charge in [-0.2, -0.15) is 0 Å². The largest absolute Gasteiger partial charge is 0.351 e. The van der Waals surface area contributed by atoms with Gasteiger partial charge in [0.1, 0.15) is 6.04 Å². The smallest absolute Gasteiger partial charge is 0.320 e. The topological polar surface area (TPSA) is 95.7 Å². The molecule has 0 spiro atoms. The summed E-state index contributed by atoms with van der Waals surface area (Å²) in [6, 6.07) is 25.1. The maximum absolute atomic E-state index is 14.5. The van der Waals surface area contributed by atoms with Gasteiger partial charge in [-0.15, -0.1) is 11.8 Å². The number of primary amides is 1. The fourth-order valence-corrected chi connectivity index (χ4v) is 5.79. The lowest BCUT2D eigenvalue weighted by Gasteiger charge is -2.35. The zero-order chi connectivity index (χ0) is 28.9. The normalized spacial score (nSPS) is 19.6. The van der Waals surface area contributed by atoms with Gasteiger partial charge in [-0.05, 0) is 59.8 Å². The fourth-order valence-electron chi connectivity index (χ4n) is 5.34. The molecular formula is C32H38N4O3S. The predicted octanol–water partition coefficient (Wildman–Crippen LogP) is 6.28. The van der Waals surface area contributed by atoms with Crippen molar-refractivity contribution < 1.29 is 14.4 Å². The van der Waals surface area contributed by atoms with E-state index in [1.54, 1.807) is 17.8 Å². The number of nitrogens with zero attached hydrogens (tertiary/aromatic N) is 2. The van der Waals surface area contributed by atoms with Gasteiger partial charge in [-0.3, -0.25) is 19.9 Å². The van der Waals surface area contributed by atoms with Gasteiger partial charge >= 0.3 is 6.03 Å². The quantitative estimate of drug-likeness (QED) is 0.334. The van der Waals surface area contributed by atoms with E-state index in [1.165, 1.54) is 9.91 Å². The van der Waals surface area contributed by atoms with Crippen LogP contribution in [0, 0.1) is 5.41 Å². The van der Waals surface area contributed by atoms with Crippen LogP contribution in [0.5, 0.6) is 0 Å². The molecule has 210 valence electrons. The summed E-state index contributed by atoms with van der Waals surface area (Å²) in [5.41, 5.74) is 11.2. The Morgan fingerprint density at radius 1 is 0.950 bits per heavy atom. The summed E-state index contributed by atoms with van der Waals surface area (Å²) in [4.78, 5) is 43.2. The van der Waals surface area contributed by atoms with Gasteiger partial charge in [0, 0.05) is 17.0 Å². The van der Waals surface area contributed by atoms with Crippen molar-refractivity contribution in [3.8, 4) is 0 Å². The van der Waals surface area contributed by atoms with E-state index in [0.29, 0.717) is 18.5 Å². The molecule has 0 aliphatic carbocycles. The number of hydrogen-bond acceptors (Lipinski definition) is 4. The first-order valence-electron chi connectivity index (χ1n) is 13.5. The molecule has 3 unspecified atom stereocenters. The summed E-state index contributed by atoms with van der Waals surface area (Å²) in [7, 11) is 0. The Hall–Kier alpha value is -3.78. The predicted molar refractivity (Wildman–Crippen MR) is 161 cm³/mol. The minimum Gasteiger partial charge on any atom is -0.351 e. The Labute approximate surface area is 241 Å². The maximum atomic E-state index is 14.5. The Bertz CT molecular complexity index is 1330. The molecule has 3 aromatic rings. The van der Waals surface area contributed by atoms with Crippen molar-refractivity contribution in [1.29, 1.82) is 0 Å². The fraction of sp³-hybridized carbons (Fsp3) is 0.344. The summed E-state index contributed by atoms with van der Waals surface area (Å²) in [6.45, 7) is 5.94. The number of rotatable bonds is 7. The van der Waals surface area contributed by atoms with Crippen molar-refractivity contribution >= 4 is 35.3 Å². The van der Waals surface area contributed by atoms with E-state index in [2.05, 4.69) is 5.43 Å². The molecule has 0 aromatic heterocycles. The van der Waals surface area contributed by atoms with E-state index in [9.17, 15) is 14.4 Å². The lowest BCUT2D eigenvalue weighted by atomic mass is 9.86. The Morgan fingerprint density at radius 2 is 1.57 bits per heavy atom. The molecule has 1 aliphatic heterocycles. The number of thioether (sulfide) groups is 1. The highest BCUT2D eigenvalue weighted by Crippen LogP contribution is 2.40. The molecule has 0 radical (unpaired) electrons. The SMILES string of the molecule is CSc1cccc(N(C(N)=O)C2CC(c3ccccc3)CC(c3ccccc3)N(NC(=O)CC(C)(C)C)C2=O)c1. The highest BCUT2D eigenvalue weighted by Gasteiger charge is 2.43. The lowest BCUT2D eigenvalue weighted by Crippen LogP contribution is -2.57. The van der Waals surface area contributed by atoms with Crippen LogP contribution in [-0.4, -0.2) is 35.2 Å². The molecule has 3 N–H and O–H groups in total. The molecule has 40 heavy (non-hydrogen) atoms. The molecule has 4 rings (SSSR count).